The molecule has 1 N–H and O–H groups in total. The van der Waals surface area contributed by atoms with Crippen molar-refractivity contribution in [2.75, 3.05) is 13.1 Å². The van der Waals surface area contributed by atoms with Gasteiger partial charge in [0, 0.05) is 34.0 Å². The van der Waals surface area contributed by atoms with E-state index in [9.17, 15) is 0 Å². The van der Waals surface area contributed by atoms with Crippen LogP contribution in [0.2, 0.25) is 0 Å². The van der Waals surface area contributed by atoms with E-state index in [1.165, 1.54) is 33.9 Å². The minimum Gasteiger partial charge on any atom is -0.346 e. The van der Waals surface area contributed by atoms with Crippen LogP contribution < -0.4 is 5.32 Å². The van der Waals surface area contributed by atoms with E-state index in [1.807, 2.05) is 0 Å². The highest BCUT2D eigenvalue weighted by molar-refractivity contribution is 9.10. The summed E-state index contributed by atoms with van der Waals surface area (Å²) in [5, 5.41) is 4.77. The van der Waals surface area contributed by atoms with Gasteiger partial charge in [-0.15, -0.1) is 0 Å². The molecule has 3 heteroatoms. The van der Waals surface area contributed by atoms with E-state index in [0.717, 1.165) is 13.1 Å². The topological polar surface area (TPSA) is 17.0 Å². The van der Waals surface area contributed by atoms with Crippen LogP contribution in [0.25, 0.3) is 10.9 Å². The molecule has 0 spiro atoms. The first kappa shape index (κ1) is 11.3. The monoisotopic (exact) mass is 292 g/mol. The summed E-state index contributed by atoms with van der Waals surface area (Å²) < 4.78 is 3.65. The van der Waals surface area contributed by atoms with E-state index in [2.05, 4.69) is 57.1 Å². The molecule has 0 unspecified atom stereocenters. The van der Waals surface area contributed by atoms with Gasteiger partial charge < -0.3 is 9.88 Å². The average molecular weight is 293 g/mol. The Balaban J connectivity index is 2.15. The molecule has 1 fully saturated rings. The molecule has 1 aliphatic rings. The summed E-state index contributed by atoms with van der Waals surface area (Å²) in [5.41, 5.74) is 2.79. The van der Waals surface area contributed by atoms with E-state index in [-0.39, 0.29) is 0 Å². The summed E-state index contributed by atoms with van der Waals surface area (Å²) in [6.45, 7) is 2.28. The average Bonchev–Trinajstić information content (AvgIpc) is 2.64. The maximum Gasteiger partial charge on any atom is 0.0491 e. The summed E-state index contributed by atoms with van der Waals surface area (Å²) in [6.07, 6.45) is 2.48. The molecule has 1 saturated heterocycles. The number of fused-ring (bicyclic) bond motifs is 1. The third-order valence-corrected chi connectivity index (χ3v) is 4.65. The summed E-state index contributed by atoms with van der Waals surface area (Å²) in [5.74, 6) is 0.683. The molecule has 3 rings (SSSR count). The van der Waals surface area contributed by atoms with Crippen LogP contribution in [0.15, 0.2) is 28.7 Å². The Morgan fingerprint density at radius 1 is 1.24 bits per heavy atom. The van der Waals surface area contributed by atoms with E-state index in [4.69, 9.17) is 0 Å². The lowest BCUT2D eigenvalue weighted by molar-refractivity contribution is 0.445. The van der Waals surface area contributed by atoms with Gasteiger partial charge in [0.2, 0.25) is 0 Å². The number of nitrogens with zero attached hydrogens (tertiary/aromatic N) is 1. The van der Waals surface area contributed by atoms with Gasteiger partial charge in [-0.05, 0) is 47.9 Å². The lowest BCUT2D eigenvalue weighted by Crippen LogP contribution is -2.27. The summed E-state index contributed by atoms with van der Waals surface area (Å²) in [7, 11) is 2.18. The number of hydrogen-bond acceptors (Lipinski definition) is 1. The van der Waals surface area contributed by atoms with Crippen molar-refractivity contribution in [2.45, 2.75) is 18.8 Å². The number of hydrogen-bond donors (Lipinski definition) is 1. The number of para-hydroxylation sites is 1. The Morgan fingerprint density at radius 2 is 1.94 bits per heavy atom. The second-order valence-electron chi connectivity index (χ2n) is 4.80. The molecule has 1 aliphatic heterocycles. The molecular weight excluding hydrogens is 276 g/mol. The molecule has 0 radical (unpaired) electrons. The van der Waals surface area contributed by atoms with Crippen LogP contribution in [0.1, 0.15) is 24.5 Å². The Hall–Kier alpha value is -0.800. The van der Waals surface area contributed by atoms with Crippen LogP contribution in [0.3, 0.4) is 0 Å². The molecule has 90 valence electrons. The van der Waals surface area contributed by atoms with Crippen molar-refractivity contribution >= 4 is 26.8 Å². The maximum atomic E-state index is 3.80. The molecule has 0 atom stereocenters. The standard InChI is InChI=1S/C14H17BrN2/c1-17-12-5-3-2-4-11(12)13(15)14(17)10-6-8-16-9-7-10/h2-5,10,16H,6-9H2,1H3. The van der Waals surface area contributed by atoms with Crippen molar-refractivity contribution in [1.82, 2.24) is 9.88 Å². The minimum atomic E-state index is 0.683. The molecule has 2 aromatic rings. The van der Waals surface area contributed by atoms with Crippen molar-refractivity contribution in [2.24, 2.45) is 7.05 Å². The molecular formula is C14H17BrN2. The lowest BCUT2D eigenvalue weighted by atomic mass is 9.94. The fourth-order valence-electron chi connectivity index (χ4n) is 2.92. The van der Waals surface area contributed by atoms with Crippen molar-refractivity contribution in [3.8, 4) is 0 Å². The summed E-state index contributed by atoms with van der Waals surface area (Å²) in [6, 6.07) is 8.62. The van der Waals surface area contributed by atoms with Crippen LogP contribution >= 0.6 is 15.9 Å². The molecule has 0 amide bonds. The first-order valence-electron chi connectivity index (χ1n) is 6.22. The van der Waals surface area contributed by atoms with Gasteiger partial charge in [-0.25, -0.2) is 0 Å². The third-order valence-electron chi connectivity index (χ3n) is 3.81. The quantitative estimate of drug-likeness (QED) is 0.852. The zero-order valence-electron chi connectivity index (χ0n) is 10.0. The number of halogens is 1. The Bertz CT molecular complexity index is 499. The molecule has 0 aliphatic carbocycles. The molecule has 0 saturated carbocycles. The second-order valence-corrected chi connectivity index (χ2v) is 5.59. The number of nitrogens with one attached hydrogen (secondary N) is 1. The Kier molecular flexibility index (Phi) is 2.97. The number of benzene rings is 1. The molecule has 2 nitrogen and oxygen atoms in total. The van der Waals surface area contributed by atoms with Crippen molar-refractivity contribution in [3.63, 3.8) is 0 Å². The third kappa shape index (κ3) is 1.81. The zero-order chi connectivity index (χ0) is 11.8. The largest absolute Gasteiger partial charge is 0.346 e. The minimum absolute atomic E-state index is 0.683. The number of rotatable bonds is 1. The molecule has 17 heavy (non-hydrogen) atoms. The first-order chi connectivity index (χ1) is 8.29. The highest BCUT2D eigenvalue weighted by Crippen LogP contribution is 2.37. The van der Waals surface area contributed by atoms with E-state index < -0.39 is 0 Å². The Labute approximate surface area is 110 Å². The number of aryl methyl sites for hydroxylation is 1. The van der Waals surface area contributed by atoms with Gasteiger partial charge in [0.15, 0.2) is 0 Å². The first-order valence-corrected chi connectivity index (χ1v) is 7.02. The molecule has 1 aromatic carbocycles. The van der Waals surface area contributed by atoms with Gasteiger partial charge in [0.25, 0.3) is 0 Å². The van der Waals surface area contributed by atoms with Gasteiger partial charge >= 0.3 is 0 Å². The van der Waals surface area contributed by atoms with Crippen molar-refractivity contribution in [1.29, 1.82) is 0 Å². The van der Waals surface area contributed by atoms with Gasteiger partial charge in [0.05, 0.1) is 0 Å². The van der Waals surface area contributed by atoms with Gasteiger partial charge in [-0.2, -0.15) is 0 Å². The SMILES string of the molecule is Cn1c(C2CCNCC2)c(Br)c2ccccc21. The molecule has 0 bridgehead atoms. The van der Waals surface area contributed by atoms with Crippen LogP contribution in [-0.4, -0.2) is 17.7 Å². The lowest BCUT2D eigenvalue weighted by Gasteiger charge is -2.24. The predicted octanol–water partition coefficient (Wildman–Crippen LogP) is 3.41. The van der Waals surface area contributed by atoms with Gasteiger partial charge in [0.1, 0.15) is 0 Å². The smallest absolute Gasteiger partial charge is 0.0491 e. The molecule has 2 heterocycles. The van der Waals surface area contributed by atoms with Gasteiger partial charge in [-0.3, -0.25) is 0 Å². The van der Waals surface area contributed by atoms with Crippen molar-refractivity contribution in [3.05, 3.63) is 34.4 Å². The van der Waals surface area contributed by atoms with Crippen LogP contribution in [0.5, 0.6) is 0 Å². The van der Waals surface area contributed by atoms with Crippen LogP contribution in [0.4, 0.5) is 0 Å². The molecule has 1 aromatic heterocycles. The number of aromatic nitrogens is 1. The van der Waals surface area contributed by atoms with E-state index >= 15 is 0 Å². The number of piperidine rings is 1. The van der Waals surface area contributed by atoms with Crippen molar-refractivity contribution < 1.29 is 0 Å². The summed E-state index contributed by atoms with van der Waals surface area (Å²) >= 11 is 3.80. The van der Waals surface area contributed by atoms with Gasteiger partial charge in [-0.1, -0.05) is 18.2 Å². The van der Waals surface area contributed by atoms with Crippen LogP contribution in [0, 0.1) is 0 Å². The van der Waals surface area contributed by atoms with E-state index in [1.54, 1.807) is 0 Å². The fourth-order valence-corrected chi connectivity index (χ4v) is 3.84. The normalized spacial score (nSPS) is 17.8. The van der Waals surface area contributed by atoms with Crippen LogP contribution in [-0.2, 0) is 7.05 Å². The maximum absolute atomic E-state index is 3.80. The predicted molar refractivity (Wildman–Crippen MR) is 75.5 cm³/mol. The highest BCUT2D eigenvalue weighted by atomic mass is 79.9. The summed E-state index contributed by atoms with van der Waals surface area (Å²) in [4.78, 5) is 0. The second kappa shape index (κ2) is 4.46. The zero-order valence-corrected chi connectivity index (χ0v) is 11.6. The highest BCUT2D eigenvalue weighted by Gasteiger charge is 2.22. The van der Waals surface area contributed by atoms with E-state index in [0.29, 0.717) is 5.92 Å². The fraction of sp³-hybridized carbons (Fsp3) is 0.429. The Morgan fingerprint density at radius 3 is 2.65 bits per heavy atom.